The van der Waals surface area contributed by atoms with E-state index in [1.165, 1.54) is 12.1 Å². The van der Waals surface area contributed by atoms with E-state index in [-0.39, 0.29) is 24.9 Å². The molecule has 4 rings (SSSR count). The number of para-hydroxylation sites is 2. The van der Waals surface area contributed by atoms with Crippen LogP contribution < -0.4 is 14.8 Å². The number of halogens is 1. The quantitative estimate of drug-likeness (QED) is 0.780. The molecule has 1 unspecified atom stereocenters. The number of ether oxygens (including phenoxy) is 2. The lowest BCUT2D eigenvalue weighted by Crippen LogP contribution is -2.43. The predicted molar refractivity (Wildman–Crippen MR) is 90.1 cm³/mol. The van der Waals surface area contributed by atoms with Gasteiger partial charge < -0.3 is 19.3 Å². The van der Waals surface area contributed by atoms with Crippen molar-refractivity contribution in [2.75, 3.05) is 6.61 Å². The number of nitrogens with one attached hydrogen (secondary N) is 1. The largest absolute Gasteiger partial charge is 0.485 e. The number of benzene rings is 2. The monoisotopic (exact) mass is 354 g/mol. The van der Waals surface area contributed by atoms with Gasteiger partial charge in [0.05, 0.1) is 6.54 Å². The van der Waals surface area contributed by atoms with Crippen molar-refractivity contribution < 1.29 is 23.2 Å². The summed E-state index contributed by atoms with van der Waals surface area (Å²) < 4.78 is 29.4. The first-order chi connectivity index (χ1) is 12.7. The number of aromatic nitrogens is 1. The summed E-state index contributed by atoms with van der Waals surface area (Å²) >= 11 is 0. The first-order valence-corrected chi connectivity index (χ1v) is 8.07. The molecule has 7 heteroatoms. The highest BCUT2D eigenvalue weighted by molar-refractivity contribution is 5.81. The highest BCUT2D eigenvalue weighted by atomic mass is 19.1. The van der Waals surface area contributed by atoms with Crippen LogP contribution in [0.25, 0.3) is 11.3 Å². The number of nitrogens with zero attached hydrogens (tertiary/aromatic N) is 1. The summed E-state index contributed by atoms with van der Waals surface area (Å²) in [6.45, 7) is 0.327. The van der Waals surface area contributed by atoms with Crippen LogP contribution in [-0.2, 0) is 11.3 Å². The van der Waals surface area contributed by atoms with Crippen LogP contribution in [0.3, 0.4) is 0 Å². The van der Waals surface area contributed by atoms with E-state index >= 15 is 0 Å². The summed E-state index contributed by atoms with van der Waals surface area (Å²) in [7, 11) is 0. The Kier molecular flexibility index (Phi) is 4.27. The van der Waals surface area contributed by atoms with E-state index in [4.69, 9.17) is 14.0 Å². The van der Waals surface area contributed by atoms with Crippen molar-refractivity contribution in [1.29, 1.82) is 0 Å². The maximum Gasteiger partial charge on any atom is 0.265 e. The van der Waals surface area contributed by atoms with Gasteiger partial charge >= 0.3 is 0 Å². The molecule has 132 valence electrons. The first kappa shape index (κ1) is 16.1. The first-order valence-electron chi connectivity index (χ1n) is 8.07. The summed E-state index contributed by atoms with van der Waals surface area (Å²) in [5, 5.41) is 6.66. The Balaban J connectivity index is 1.36. The molecular weight excluding hydrogens is 339 g/mol. The number of fused-ring (bicyclic) bond motifs is 1. The standard InChI is InChI=1S/C19H15FN2O4/c20-13-7-5-12(6-8-13)17-9-14(22-26-17)10-21-19(23)18-11-24-15-3-1-2-4-16(15)25-18/h1-9,18H,10-11H2,(H,21,23). The van der Waals surface area contributed by atoms with E-state index in [1.54, 1.807) is 30.3 Å². The van der Waals surface area contributed by atoms with Gasteiger partial charge in [-0.05, 0) is 36.4 Å². The molecule has 6 nitrogen and oxygen atoms in total. The molecule has 3 aromatic rings. The van der Waals surface area contributed by atoms with E-state index < -0.39 is 6.10 Å². The van der Waals surface area contributed by atoms with E-state index in [0.717, 1.165) is 0 Å². The molecule has 1 aliphatic rings. The zero-order valence-corrected chi connectivity index (χ0v) is 13.6. The van der Waals surface area contributed by atoms with Crippen molar-refractivity contribution in [3.63, 3.8) is 0 Å². The Labute approximate surface area is 148 Å². The highest BCUT2D eigenvalue weighted by Crippen LogP contribution is 2.30. The molecule has 1 amide bonds. The van der Waals surface area contributed by atoms with E-state index in [0.29, 0.717) is 28.5 Å². The summed E-state index contributed by atoms with van der Waals surface area (Å²) in [6.07, 6.45) is -0.728. The van der Waals surface area contributed by atoms with Crippen LogP contribution >= 0.6 is 0 Å². The maximum atomic E-state index is 13.0. The number of hydrogen-bond donors (Lipinski definition) is 1. The van der Waals surface area contributed by atoms with Crippen molar-refractivity contribution in [2.45, 2.75) is 12.6 Å². The molecule has 0 bridgehead atoms. The molecule has 0 spiro atoms. The van der Waals surface area contributed by atoms with Crippen LogP contribution in [0.5, 0.6) is 11.5 Å². The van der Waals surface area contributed by atoms with Gasteiger partial charge in [0.25, 0.3) is 5.91 Å². The molecule has 1 atom stereocenters. The van der Waals surface area contributed by atoms with Crippen LogP contribution in [0.15, 0.2) is 59.1 Å². The lowest BCUT2D eigenvalue weighted by Gasteiger charge is -2.25. The van der Waals surface area contributed by atoms with Gasteiger partial charge in [-0.25, -0.2) is 4.39 Å². The molecule has 1 N–H and O–H groups in total. The zero-order chi connectivity index (χ0) is 17.9. The van der Waals surface area contributed by atoms with Gasteiger partial charge in [-0.3, -0.25) is 4.79 Å². The minimum absolute atomic E-state index is 0.141. The Morgan fingerprint density at radius 1 is 1.15 bits per heavy atom. The lowest BCUT2D eigenvalue weighted by atomic mass is 10.1. The number of rotatable bonds is 4. The number of hydrogen-bond acceptors (Lipinski definition) is 5. The van der Waals surface area contributed by atoms with Crippen molar-refractivity contribution >= 4 is 5.91 Å². The third-order valence-electron chi connectivity index (χ3n) is 3.93. The summed E-state index contributed by atoms with van der Waals surface area (Å²) in [4.78, 5) is 12.3. The molecule has 0 radical (unpaired) electrons. The molecule has 1 aromatic heterocycles. The summed E-state index contributed by atoms with van der Waals surface area (Å²) in [5.41, 5.74) is 1.26. The Bertz CT molecular complexity index is 923. The topological polar surface area (TPSA) is 73.6 Å². The van der Waals surface area contributed by atoms with Gasteiger partial charge in [-0.1, -0.05) is 17.3 Å². The van der Waals surface area contributed by atoms with Gasteiger partial charge in [-0.2, -0.15) is 0 Å². The van der Waals surface area contributed by atoms with Gasteiger partial charge in [0, 0.05) is 11.6 Å². The second kappa shape index (κ2) is 6.87. The van der Waals surface area contributed by atoms with Crippen molar-refractivity contribution in [3.05, 3.63) is 66.1 Å². The molecule has 2 aromatic carbocycles. The minimum atomic E-state index is -0.728. The van der Waals surface area contributed by atoms with E-state index in [2.05, 4.69) is 10.5 Å². The van der Waals surface area contributed by atoms with Gasteiger partial charge in [0.1, 0.15) is 18.1 Å². The Morgan fingerprint density at radius 2 is 1.92 bits per heavy atom. The van der Waals surface area contributed by atoms with Crippen molar-refractivity contribution in [1.82, 2.24) is 10.5 Å². The molecule has 0 fully saturated rings. The fourth-order valence-corrected chi connectivity index (χ4v) is 2.59. The van der Waals surface area contributed by atoms with Crippen molar-refractivity contribution in [3.8, 4) is 22.8 Å². The Morgan fingerprint density at radius 3 is 2.73 bits per heavy atom. The second-order valence-electron chi connectivity index (χ2n) is 5.77. The third kappa shape index (κ3) is 3.37. The number of carbonyl (C=O) groups excluding carboxylic acids is 1. The highest BCUT2D eigenvalue weighted by Gasteiger charge is 2.27. The van der Waals surface area contributed by atoms with Crippen LogP contribution in [0.4, 0.5) is 4.39 Å². The van der Waals surface area contributed by atoms with E-state index in [9.17, 15) is 9.18 Å². The van der Waals surface area contributed by atoms with Crippen LogP contribution in [0.1, 0.15) is 5.69 Å². The number of amides is 1. The molecule has 2 heterocycles. The average molecular weight is 354 g/mol. The third-order valence-corrected chi connectivity index (χ3v) is 3.93. The average Bonchev–Trinajstić information content (AvgIpc) is 3.15. The fourth-order valence-electron chi connectivity index (χ4n) is 2.59. The SMILES string of the molecule is O=C(NCc1cc(-c2ccc(F)cc2)on1)C1COc2ccccc2O1. The number of carbonyl (C=O) groups is 1. The molecular formula is C19H15FN2O4. The molecule has 1 aliphatic heterocycles. The molecule has 26 heavy (non-hydrogen) atoms. The van der Waals surface area contributed by atoms with E-state index in [1.807, 2.05) is 12.1 Å². The normalized spacial score (nSPS) is 15.5. The minimum Gasteiger partial charge on any atom is -0.485 e. The van der Waals surface area contributed by atoms with Gasteiger partial charge in [-0.15, -0.1) is 0 Å². The lowest BCUT2D eigenvalue weighted by molar-refractivity contribution is -0.130. The van der Waals surface area contributed by atoms with Crippen LogP contribution in [-0.4, -0.2) is 23.8 Å². The van der Waals surface area contributed by atoms with Gasteiger partial charge in [0.2, 0.25) is 6.10 Å². The smallest absolute Gasteiger partial charge is 0.265 e. The fraction of sp³-hybridized carbons (Fsp3) is 0.158. The predicted octanol–water partition coefficient (Wildman–Crippen LogP) is 2.94. The maximum absolute atomic E-state index is 13.0. The van der Waals surface area contributed by atoms with Crippen molar-refractivity contribution in [2.24, 2.45) is 0 Å². The Hall–Kier alpha value is -3.35. The zero-order valence-electron chi connectivity index (χ0n) is 13.6. The molecule has 0 saturated heterocycles. The van der Waals surface area contributed by atoms with Gasteiger partial charge in [0.15, 0.2) is 17.3 Å². The second-order valence-corrected chi connectivity index (χ2v) is 5.77. The van der Waals surface area contributed by atoms with Crippen LogP contribution in [0.2, 0.25) is 0 Å². The molecule has 0 saturated carbocycles. The summed E-state index contributed by atoms with van der Waals surface area (Å²) in [6, 6.07) is 14.8. The van der Waals surface area contributed by atoms with Crippen LogP contribution in [0, 0.1) is 5.82 Å². The summed E-state index contributed by atoms with van der Waals surface area (Å²) in [5.74, 6) is 1.04. The molecule has 0 aliphatic carbocycles.